The Bertz CT molecular complexity index is 1400. The van der Waals surface area contributed by atoms with E-state index in [9.17, 15) is 9.18 Å². The van der Waals surface area contributed by atoms with Gasteiger partial charge in [-0.2, -0.15) is 0 Å². The number of carbonyl (C=O) groups excluding carboxylic acids is 1. The van der Waals surface area contributed by atoms with E-state index < -0.39 is 6.04 Å². The monoisotopic (exact) mass is 473 g/mol. The van der Waals surface area contributed by atoms with Crippen molar-refractivity contribution < 1.29 is 18.7 Å². The van der Waals surface area contributed by atoms with Crippen molar-refractivity contribution in [2.75, 3.05) is 6.79 Å². The van der Waals surface area contributed by atoms with Gasteiger partial charge < -0.3 is 19.4 Å². The van der Waals surface area contributed by atoms with Crippen molar-refractivity contribution in [3.05, 3.63) is 88.5 Å². The largest absolute Gasteiger partial charge is 0.454 e. The third kappa shape index (κ3) is 4.58. The van der Waals surface area contributed by atoms with Crippen LogP contribution >= 0.6 is 0 Å². The molecule has 35 heavy (non-hydrogen) atoms. The summed E-state index contributed by atoms with van der Waals surface area (Å²) in [7, 11) is 0. The van der Waals surface area contributed by atoms with E-state index in [4.69, 9.17) is 14.5 Å². The fourth-order valence-electron chi connectivity index (χ4n) is 4.50. The molecule has 2 heterocycles. The van der Waals surface area contributed by atoms with Crippen molar-refractivity contribution in [2.24, 2.45) is 0 Å². The molecule has 0 spiro atoms. The van der Waals surface area contributed by atoms with Gasteiger partial charge in [0.05, 0.1) is 11.0 Å². The molecule has 0 saturated carbocycles. The van der Waals surface area contributed by atoms with Gasteiger partial charge >= 0.3 is 0 Å². The summed E-state index contributed by atoms with van der Waals surface area (Å²) in [6.45, 7) is 6.71. The third-order valence-corrected chi connectivity index (χ3v) is 6.56. The molecular weight excluding hydrogens is 445 g/mol. The summed E-state index contributed by atoms with van der Waals surface area (Å²) < 4.78 is 26.3. The number of nitrogens with one attached hydrogen (secondary N) is 1. The first-order chi connectivity index (χ1) is 16.9. The zero-order valence-electron chi connectivity index (χ0n) is 20.1. The van der Waals surface area contributed by atoms with Gasteiger partial charge in [-0.3, -0.25) is 4.79 Å². The van der Waals surface area contributed by atoms with Crippen LogP contribution in [0.15, 0.2) is 54.6 Å². The first-order valence-electron chi connectivity index (χ1n) is 11.8. The number of aryl methyl sites for hydroxylation is 2. The van der Waals surface area contributed by atoms with Crippen LogP contribution in [0.5, 0.6) is 11.5 Å². The Balaban J connectivity index is 1.46. The topological polar surface area (TPSA) is 65.4 Å². The van der Waals surface area contributed by atoms with Crippen molar-refractivity contribution in [1.29, 1.82) is 0 Å². The van der Waals surface area contributed by atoms with E-state index in [1.807, 2.05) is 29.7 Å². The van der Waals surface area contributed by atoms with Crippen LogP contribution in [0, 0.1) is 19.7 Å². The van der Waals surface area contributed by atoms with Gasteiger partial charge in [-0.15, -0.1) is 0 Å². The van der Waals surface area contributed by atoms with Crippen LogP contribution in [0.4, 0.5) is 4.39 Å². The summed E-state index contributed by atoms with van der Waals surface area (Å²) in [6.07, 6.45) is 1.10. The molecule has 4 aromatic rings. The number of nitrogens with zero attached hydrogens (tertiary/aromatic N) is 2. The van der Waals surface area contributed by atoms with Gasteiger partial charge in [0.1, 0.15) is 17.7 Å². The predicted octanol–water partition coefficient (Wildman–Crippen LogP) is 5.38. The fraction of sp³-hybridized carbons (Fsp3) is 0.286. The summed E-state index contributed by atoms with van der Waals surface area (Å²) >= 11 is 0. The first kappa shape index (κ1) is 22.9. The van der Waals surface area contributed by atoms with Crippen LogP contribution in [0.25, 0.3) is 11.0 Å². The maximum atomic E-state index is 13.5. The molecule has 1 atom stereocenters. The minimum absolute atomic E-state index is 0.0805. The smallest absolute Gasteiger partial charge is 0.243 e. The molecule has 1 aliphatic heterocycles. The lowest BCUT2D eigenvalue weighted by atomic mass is 10.1. The van der Waals surface area contributed by atoms with Gasteiger partial charge in [-0.1, -0.05) is 25.1 Å². The third-order valence-electron chi connectivity index (χ3n) is 6.56. The maximum absolute atomic E-state index is 13.5. The number of rotatable bonds is 7. The maximum Gasteiger partial charge on any atom is 0.243 e. The van der Waals surface area contributed by atoms with Crippen molar-refractivity contribution in [1.82, 2.24) is 14.9 Å². The molecule has 0 fully saturated rings. The Kier molecular flexibility index (Phi) is 6.16. The molecule has 0 radical (unpaired) electrons. The number of halogens is 1. The van der Waals surface area contributed by atoms with E-state index >= 15 is 0 Å². The molecule has 0 saturated heterocycles. The number of carbonyl (C=O) groups is 1. The van der Waals surface area contributed by atoms with Crippen LogP contribution in [-0.2, 0) is 17.8 Å². The second kappa shape index (κ2) is 9.41. The highest BCUT2D eigenvalue weighted by atomic mass is 19.1. The molecule has 180 valence electrons. The van der Waals surface area contributed by atoms with Crippen LogP contribution in [0.3, 0.4) is 0 Å². The van der Waals surface area contributed by atoms with Crippen molar-refractivity contribution >= 4 is 16.9 Å². The van der Waals surface area contributed by atoms with Crippen LogP contribution in [0.1, 0.15) is 47.5 Å². The van der Waals surface area contributed by atoms with Gasteiger partial charge in [0, 0.05) is 13.0 Å². The minimum Gasteiger partial charge on any atom is -0.454 e. The van der Waals surface area contributed by atoms with E-state index in [1.54, 1.807) is 12.1 Å². The summed E-state index contributed by atoms with van der Waals surface area (Å²) in [5, 5.41) is 3.09. The van der Waals surface area contributed by atoms with E-state index in [1.165, 1.54) is 12.1 Å². The Morgan fingerprint density at radius 1 is 1.03 bits per heavy atom. The van der Waals surface area contributed by atoms with E-state index in [2.05, 4.69) is 31.3 Å². The number of benzene rings is 3. The second-order valence-corrected chi connectivity index (χ2v) is 8.96. The van der Waals surface area contributed by atoms with Crippen LogP contribution in [-0.4, -0.2) is 22.3 Å². The highest BCUT2D eigenvalue weighted by Crippen LogP contribution is 2.33. The Hall–Kier alpha value is -3.87. The van der Waals surface area contributed by atoms with Gasteiger partial charge in [-0.05, 0) is 78.9 Å². The number of hydrogen-bond donors (Lipinski definition) is 1. The zero-order valence-corrected chi connectivity index (χ0v) is 20.1. The average molecular weight is 474 g/mol. The van der Waals surface area contributed by atoms with Gasteiger partial charge in [-0.25, -0.2) is 9.37 Å². The summed E-state index contributed by atoms with van der Waals surface area (Å²) in [6, 6.07) is 15.8. The highest BCUT2D eigenvalue weighted by molar-refractivity contribution is 5.85. The first-order valence-corrected chi connectivity index (χ1v) is 11.8. The number of fused-ring (bicyclic) bond motifs is 2. The summed E-state index contributed by atoms with van der Waals surface area (Å²) in [5.74, 6) is 1.83. The number of imidazole rings is 1. The minimum atomic E-state index is -0.438. The SMILES string of the molecule is CCC(C(=O)NCc1ccc2c(c1)OCO2)n1c(Cc2ccc(F)cc2)nc2cc(C)c(C)cc21. The standard InChI is InChI=1S/C28H28FN3O3/c1-4-23(28(33)30-15-20-7-10-25-26(13-20)35-16-34-25)32-24-12-18(3)17(2)11-22(24)31-27(32)14-19-5-8-21(29)9-6-19/h5-13,23H,4,14-16H2,1-3H3,(H,30,33). The molecule has 1 amide bonds. The number of aromatic nitrogens is 2. The van der Waals surface area contributed by atoms with Crippen LogP contribution in [0.2, 0.25) is 0 Å². The molecule has 6 nitrogen and oxygen atoms in total. The van der Waals surface area contributed by atoms with Crippen LogP contribution < -0.4 is 14.8 Å². The Labute approximate surface area is 203 Å². The molecule has 1 N–H and O–H groups in total. The van der Waals surface area contributed by atoms with E-state index in [0.717, 1.165) is 39.1 Å². The molecule has 1 aromatic heterocycles. The molecule has 1 aliphatic rings. The molecule has 1 unspecified atom stereocenters. The molecule has 0 bridgehead atoms. The summed E-state index contributed by atoms with van der Waals surface area (Å²) in [4.78, 5) is 18.4. The zero-order chi connectivity index (χ0) is 24.5. The van der Waals surface area contributed by atoms with E-state index in [-0.39, 0.29) is 18.5 Å². The number of hydrogen-bond acceptors (Lipinski definition) is 4. The van der Waals surface area contributed by atoms with Crippen molar-refractivity contribution in [2.45, 2.75) is 46.2 Å². The highest BCUT2D eigenvalue weighted by Gasteiger charge is 2.25. The van der Waals surface area contributed by atoms with Gasteiger partial charge in [0.15, 0.2) is 11.5 Å². The van der Waals surface area contributed by atoms with E-state index in [0.29, 0.717) is 30.9 Å². The number of ether oxygens (including phenoxy) is 2. The second-order valence-electron chi connectivity index (χ2n) is 8.96. The summed E-state index contributed by atoms with van der Waals surface area (Å²) in [5.41, 5.74) is 5.94. The van der Waals surface area contributed by atoms with Crippen molar-refractivity contribution in [3.8, 4) is 11.5 Å². The normalized spacial score (nSPS) is 13.3. The Morgan fingerprint density at radius 2 is 1.74 bits per heavy atom. The Morgan fingerprint density at radius 3 is 2.51 bits per heavy atom. The lowest BCUT2D eigenvalue weighted by molar-refractivity contribution is -0.124. The lowest BCUT2D eigenvalue weighted by Crippen LogP contribution is -2.32. The van der Waals surface area contributed by atoms with Crippen molar-refractivity contribution in [3.63, 3.8) is 0 Å². The average Bonchev–Trinajstić information content (AvgIpc) is 3.44. The predicted molar refractivity (Wildman–Crippen MR) is 132 cm³/mol. The molecular formula is C28H28FN3O3. The molecule has 5 rings (SSSR count). The fourth-order valence-corrected chi connectivity index (χ4v) is 4.50. The van der Waals surface area contributed by atoms with Gasteiger partial charge in [0.2, 0.25) is 12.7 Å². The molecule has 3 aromatic carbocycles. The quantitative estimate of drug-likeness (QED) is 0.391. The lowest BCUT2D eigenvalue weighted by Gasteiger charge is -2.21. The van der Waals surface area contributed by atoms with Gasteiger partial charge in [0.25, 0.3) is 0 Å². The number of amides is 1. The molecule has 0 aliphatic carbocycles. The molecule has 7 heteroatoms.